The van der Waals surface area contributed by atoms with Crippen molar-refractivity contribution >= 4 is 0 Å². The molecule has 0 saturated carbocycles. The molecule has 2 rings (SSSR count). The molecule has 1 aromatic carbocycles. The van der Waals surface area contributed by atoms with Gasteiger partial charge in [0.2, 0.25) is 0 Å². The summed E-state index contributed by atoms with van der Waals surface area (Å²) in [7, 11) is 1.93. The first-order valence-electron chi connectivity index (χ1n) is 6.12. The van der Waals surface area contributed by atoms with Crippen LogP contribution in [0.1, 0.15) is 17.7 Å². The molecule has 0 saturated heterocycles. The molecule has 0 amide bonds. The van der Waals surface area contributed by atoms with Gasteiger partial charge < -0.3 is 5.73 Å². The molecule has 96 valence electrons. The van der Waals surface area contributed by atoms with Crippen molar-refractivity contribution in [2.45, 2.75) is 25.3 Å². The van der Waals surface area contributed by atoms with E-state index in [1.54, 1.807) is 18.3 Å². The molecule has 1 atom stereocenters. The van der Waals surface area contributed by atoms with Crippen molar-refractivity contribution < 1.29 is 4.39 Å². The molecule has 0 spiro atoms. The summed E-state index contributed by atoms with van der Waals surface area (Å²) in [6.45, 7) is 0. The number of aromatic nitrogens is 2. The van der Waals surface area contributed by atoms with Crippen LogP contribution in [0, 0.1) is 5.82 Å². The van der Waals surface area contributed by atoms with Gasteiger partial charge in [0.05, 0.1) is 0 Å². The first-order chi connectivity index (χ1) is 8.65. The highest BCUT2D eigenvalue weighted by Crippen LogP contribution is 2.09. The maximum Gasteiger partial charge on any atom is 0.123 e. The van der Waals surface area contributed by atoms with Gasteiger partial charge in [-0.15, -0.1) is 0 Å². The van der Waals surface area contributed by atoms with Gasteiger partial charge in [0.15, 0.2) is 0 Å². The van der Waals surface area contributed by atoms with Gasteiger partial charge in [0, 0.05) is 25.0 Å². The predicted molar refractivity (Wildman–Crippen MR) is 69.6 cm³/mol. The van der Waals surface area contributed by atoms with Crippen LogP contribution in [0.5, 0.6) is 0 Å². The number of hydrogen-bond acceptors (Lipinski definition) is 2. The number of nitrogens with zero attached hydrogens (tertiary/aromatic N) is 2. The Morgan fingerprint density at radius 3 is 2.61 bits per heavy atom. The number of benzene rings is 1. The number of rotatable bonds is 5. The lowest BCUT2D eigenvalue weighted by molar-refractivity contribution is 0.584. The smallest absolute Gasteiger partial charge is 0.123 e. The Labute approximate surface area is 106 Å². The van der Waals surface area contributed by atoms with Crippen LogP contribution >= 0.6 is 0 Å². The molecular weight excluding hydrogens is 229 g/mol. The van der Waals surface area contributed by atoms with E-state index < -0.39 is 0 Å². The van der Waals surface area contributed by atoms with Crippen LogP contribution in [0.15, 0.2) is 36.5 Å². The zero-order valence-electron chi connectivity index (χ0n) is 10.5. The predicted octanol–water partition coefficient (Wildman–Crippen LogP) is 2.06. The first kappa shape index (κ1) is 12.8. The molecule has 0 aliphatic heterocycles. The highest BCUT2D eigenvalue weighted by atomic mass is 19.1. The zero-order valence-corrected chi connectivity index (χ0v) is 10.5. The van der Waals surface area contributed by atoms with Gasteiger partial charge in [0.25, 0.3) is 0 Å². The Bertz CT molecular complexity index is 490. The monoisotopic (exact) mass is 247 g/mol. The number of aryl methyl sites for hydroxylation is 2. The van der Waals surface area contributed by atoms with Gasteiger partial charge in [-0.2, -0.15) is 5.10 Å². The standard InChI is InChI=1S/C14H18FN3/c1-18-14(8-9-17-18)7-6-13(16)10-11-2-4-12(15)5-3-11/h2-5,8-9,13H,6-7,10,16H2,1H3. The van der Waals surface area contributed by atoms with Crippen LogP contribution in [0.25, 0.3) is 0 Å². The lowest BCUT2D eigenvalue weighted by atomic mass is 10.0. The Morgan fingerprint density at radius 2 is 2.00 bits per heavy atom. The van der Waals surface area contributed by atoms with Gasteiger partial charge >= 0.3 is 0 Å². The minimum absolute atomic E-state index is 0.0883. The van der Waals surface area contributed by atoms with E-state index in [4.69, 9.17) is 5.73 Å². The fourth-order valence-electron chi connectivity index (χ4n) is 2.01. The Morgan fingerprint density at radius 1 is 1.28 bits per heavy atom. The molecule has 2 N–H and O–H groups in total. The molecule has 3 nitrogen and oxygen atoms in total. The topological polar surface area (TPSA) is 43.8 Å². The van der Waals surface area contributed by atoms with Crippen LogP contribution in [0.3, 0.4) is 0 Å². The Kier molecular flexibility index (Phi) is 4.10. The van der Waals surface area contributed by atoms with Crippen molar-refractivity contribution in [3.8, 4) is 0 Å². The summed E-state index contributed by atoms with van der Waals surface area (Å²) in [6, 6.07) is 8.63. The van der Waals surface area contributed by atoms with Crippen molar-refractivity contribution in [1.29, 1.82) is 0 Å². The fraction of sp³-hybridized carbons (Fsp3) is 0.357. The molecule has 1 heterocycles. The summed E-state index contributed by atoms with van der Waals surface area (Å²) in [5, 5.41) is 4.12. The van der Waals surface area contributed by atoms with Crippen LogP contribution in [0.2, 0.25) is 0 Å². The van der Waals surface area contributed by atoms with Crippen molar-refractivity contribution in [3.05, 3.63) is 53.6 Å². The van der Waals surface area contributed by atoms with E-state index in [1.807, 2.05) is 17.8 Å². The zero-order chi connectivity index (χ0) is 13.0. The SMILES string of the molecule is Cn1nccc1CCC(N)Cc1ccc(F)cc1. The maximum atomic E-state index is 12.8. The summed E-state index contributed by atoms with van der Waals surface area (Å²) in [6.07, 6.45) is 4.38. The van der Waals surface area contributed by atoms with E-state index in [9.17, 15) is 4.39 Å². The van der Waals surface area contributed by atoms with Crippen LogP contribution < -0.4 is 5.73 Å². The van der Waals surface area contributed by atoms with Crippen LogP contribution in [-0.4, -0.2) is 15.8 Å². The Hall–Kier alpha value is -1.68. The largest absolute Gasteiger partial charge is 0.327 e. The molecule has 0 bridgehead atoms. The van der Waals surface area contributed by atoms with E-state index in [2.05, 4.69) is 5.10 Å². The summed E-state index contributed by atoms with van der Waals surface area (Å²) in [4.78, 5) is 0. The minimum atomic E-state index is -0.206. The molecule has 1 unspecified atom stereocenters. The van der Waals surface area contributed by atoms with Gasteiger partial charge in [-0.1, -0.05) is 12.1 Å². The molecule has 0 fully saturated rings. The van der Waals surface area contributed by atoms with Gasteiger partial charge in [-0.3, -0.25) is 4.68 Å². The van der Waals surface area contributed by atoms with Crippen molar-refractivity contribution in [1.82, 2.24) is 9.78 Å². The molecule has 0 radical (unpaired) electrons. The lowest BCUT2D eigenvalue weighted by Crippen LogP contribution is -2.23. The van der Waals surface area contributed by atoms with E-state index in [-0.39, 0.29) is 11.9 Å². The van der Waals surface area contributed by atoms with E-state index in [0.29, 0.717) is 0 Å². The first-order valence-corrected chi connectivity index (χ1v) is 6.12. The third-order valence-corrected chi connectivity index (χ3v) is 3.10. The van der Waals surface area contributed by atoms with E-state index >= 15 is 0 Å². The number of hydrogen-bond donors (Lipinski definition) is 1. The van der Waals surface area contributed by atoms with Gasteiger partial charge in [-0.05, 0) is 43.0 Å². The second-order valence-corrected chi connectivity index (χ2v) is 4.58. The van der Waals surface area contributed by atoms with E-state index in [1.165, 1.54) is 17.8 Å². The summed E-state index contributed by atoms with van der Waals surface area (Å²) >= 11 is 0. The summed E-state index contributed by atoms with van der Waals surface area (Å²) in [5.41, 5.74) is 8.35. The molecule has 1 aromatic heterocycles. The van der Waals surface area contributed by atoms with Crippen LogP contribution in [-0.2, 0) is 19.9 Å². The third kappa shape index (κ3) is 3.40. The molecule has 0 aliphatic carbocycles. The average molecular weight is 247 g/mol. The Balaban J connectivity index is 1.83. The van der Waals surface area contributed by atoms with Crippen molar-refractivity contribution in [3.63, 3.8) is 0 Å². The number of nitrogens with two attached hydrogens (primary N) is 1. The molecule has 2 aromatic rings. The molecule has 4 heteroatoms. The molecule has 0 aliphatic rings. The van der Waals surface area contributed by atoms with Gasteiger partial charge in [0.1, 0.15) is 5.82 Å². The van der Waals surface area contributed by atoms with E-state index in [0.717, 1.165) is 24.8 Å². The lowest BCUT2D eigenvalue weighted by Gasteiger charge is -2.11. The quantitative estimate of drug-likeness (QED) is 0.879. The third-order valence-electron chi connectivity index (χ3n) is 3.10. The van der Waals surface area contributed by atoms with Crippen LogP contribution in [0.4, 0.5) is 4.39 Å². The fourth-order valence-corrected chi connectivity index (χ4v) is 2.01. The summed E-state index contributed by atoms with van der Waals surface area (Å²) in [5.74, 6) is -0.206. The minimum Gasteiger partial charge on any atom is -0.327 e. The van der Waals surface area contributed by atoms with Gasteiger partial charge in [-0.25, -0.2) is 4.39 Å². The second-order valence-electron chi connectivity index (χ2n) is 4.58. The molecule has 18 heavy (non-hydrogen) atoms. The normalized spacial score (nSPS) is 12.6. The highest BCUT2D eigenvalue weighted by molar-refractivity contribution is 5.17. The number of halogens is 1. The van der Waals surface area contributed by atoms with Crippen molar-refractivity contribution in [2.75, 3.05) is 0 Å². The highest BCUT2D eigenvalue weighted by Gasteiger charge is 2.06. The summed E-state index contributed by atoms with van der Waals surface area (Å²) < 4.78 is 14.6. The molecular formula is C14H18FN3. The maximum absolute atomic E-state index is 12.8. The average Bonchev–Trinajstić information content (AvgIpc) is 2.75. The second kappa shape index (κ2) is 5.78. The van der Waals surface area contributed by atoms with Crippen molar-refractivity contribution in [2.24, 2.45) is 12.8 Å².